The van der Waals surface area contributed by atoms with Gasteiger partial charge in [-0.3, -0.25) is 0 Å². The molecule has 18 heavy (non-hydrogen) atoms. The topological polar surface area (TPSA) is 61.4 Å². The van der Waals surface area contributed by atoms with Crippen LogP contribution in [-0.4, -0.2) is 23.8 Å². The normalized spacial score (nSPS) is 12.4. The van der Waals surface area contributed by atoms with Crippen LogP contribution in [0, 0.1) is 0 Å². The van der Waals surface area contributed by atoms with E-state index in [0.717, 1.165) is 10.0 Å². The van der Waals surface area contributed by atoms with Crippen molar-refractivity contribution in [2.75, 3.05) is 6.61 Å². The zero-order chi connectivity index (χ0) is 13.4. The molecule has 1 aromatic rings. The van der Waals surface area contributed by atoms with Crippen molar-refractivity contribution < 1.29 is 9.90 Å². The van der Waals surface area contributed by atoms with E-state index < -0.39 is 0 Å². The lowest BCUT2D eigenvalue weighted by molar-refractivity contribution is 0.217. The van der Waals surface area contributed by atoms with E-state index in [1.807, 2.05) is 31.2 Å². The van der Waals surface area contributed by atoms with Crippen molar-refractivity contribution in [3.8, 4) is 0 Å². The number of urea groups is 1. The molecule has 3 N–H and O–H groups in total. The summed E-state index contributed by atoms with van der Waals surface area (Å²) in [5.74, 6) is 0. The highest BCUT2D eigenvalue weighted by molar-refractivity contribution is 9.10. The van der Waals surface area contributed by atoms with Crippen LogP contribution in [0.15, 0.2) is 34.9 Å². The molecule has 0 radical (unpaired) electrons. The standard InChI is InChI=1S/C13H17BrN2O2/c1-2-12(9-17)16-13(18)15-8-7-10-3-5-11(14)6-4-10/h3-8,12,17H,2,9H2,1H3,(H2,15,16,18)/b8-7+. The molecular weight excluding hydrogens is 296 g/mol. The third kappa shape index (κ3) is 5.33. The first-order valence-electron chi connectivity index (χ1n) is 5.75. The number of nitrogens with one attached hydrogen (secondary N) is 2. The summed E-state index contributed by atoms with van der Waals surface area (Å²) in [6.07, 6.45) is 4.06. The van der Waals surface area contributed by atoms with Gasteiger partial charge in [-0.05, 0) is 30.2 Å². The molecule has 98 valence electrons. The Hall–Kier alpha value is -1.33. The summed E-state index contributed by atoms with van der Waals surface area (Å²) >= 11 is 3.35. The maximum atomic E-state index is 11.4. The van der Waals surface area contributed by atoms with Crippen molar-refractivity contribution in [3.05, 3.63) is 40.5 Å². The minimum absolute atomic E-state index is 0.0552. The van der Waals surface area contributed by atoms with Gasteiger partial charge in [-0.2, -0.15) is 0 Å². The smallest absolute Gasteiger partial charge is 0.319 e. The zero-order valence-corrected chi connectivity index (χ0v) is 11.8. The minimum Gasteiger partial charge on any atom is -0.394 e. The third-order valence-electron chi connectivity index (χ3n) is 2.41. The van der Waals surface area contributed by atoms with E-state index in [0.29, 0.717) is 6.42 Å². The summed E-state index contributed by atoms with van der Waals surface area (Å²) in [5.41, 5.74) is 0.993. The van der Waals surface area contributed by atoms with E-state index in [4.69, 9.17) is 5.11 Å². The summed E-state index contributed by atoms with van der Waals surface area (Å²) in [6, 6.07) is 7.21. The fourth-order valence-electron chi connectivity index (χ4n) is 1.29. The van der Waals surface area contributed by atoms with E-state index in [1.54, 1.807) is 12.3 Å². The number of hydrogen-bond donors (Lipinski definition) is 3. The molecule has 2 amide bonds. The highest BCUT2D eigenvalue weighted by Crippen LogP contribution is 2.11. The third-order valence-corrected chi connectivity index (χ3v) is 2.94. The van der Waals surface area contributed by atoms with Gasteiger partial charge in [0.15, 0.2) is 0 Å². The average molecular weight is 313 g/mol. The first kappa shape index (κ1) is 14.7. The van der Waals surface area contributed by atoms with Gasteiger partial charge in [0, 0.05) is 10.7 Å². The van der Waals surface area contributed by atoms with E-state index in [9.17, 15) is 4.79 Å². The van der Waals surface area contributed by atoms with E-state index >= 15 is 0 Å². The minimum atomic E-state index is -0.315. The average Bonchev–Trinajstić information content (AvgIpc) is 2.38. The van der Waals surface area contributed by atoms with Crippen LogP contribution in [0.4, 0.5) is 4.79 Å². The Bertz CT molecular complexity index is 400. The predicted octanol–water partition coefficient (Wildman–Crippen LogP) is 2.49. The molecule has 1 aromatic carbocycles. The van der Waals surface area contributed by atoms with Gasteiger partial charge >= 0.3 is 6.03 Å². The van der Waals surface area contributed by atoms with Gasteiger partial charge in [-0.15, -0.1) is 0 Å². The molecule has 0 saturated carbocycles. The lowest BCUT2D eigenvalue weighted by Crippen LogP contribution is -2.41. The monoisotopic (exact) mass is 312 g/mol. The number of aliphatic hydroxyl groups excluding tert-OH is 1. The number of rotatable bonds is 5. The van der Waals surface area contributed by atoms with Gasteiger partial charge in [0.25, 0.3) is 0 Å². The van der Waals surface area contributed by atoms with Crippen LogP contribution in [0.3, 0.4) is 0 Å². The molecule has 0 aromatic heterocycles. The van der Waals surface area contributed by atoms with Crippen LogP contribution < -0.4 is 10.6 Å². The molecule has 1 atom stereocenters. The van der Waals surface area contributed by atoms with Crippen molar-refractivity contribution in [2.45, 2.75) is 19.4 Å². The molecular formula is C13H17BrN2O2. The molecule has 0 aliphatic rings. The second-order valence-electron chi connectivity index (χ2n) is 3.79. The molecule has 0 saturated heterocycles. The van der Waals surface area contributed by atoms with Crippen molar-refractivity contribution in [3.63, 3.8) is 0 Å². The first-order valence-corrected chi connectivity index (χ1v) is 6.55. The van der Waals surface area contributed by atoms with Crippen LogP contribution in [-0.2, 0) is 0 Å². The maximum absolute atomic E-state index is 11.4. The molecule has 1 unspecified atom stereocenters. The molecule has 0 aliphatic carbocycles. The molecule has 5 heteroatoms. The largest absolute Gasteiger partial charge is 0.394 e. The molecule has 0 aliphatic heterocycles. The van der Waals surface area contributed by atoms with Gasteiger partial charge in [-0.1, -0.05) is 35.0 Å². The van der Waals surface area contributed by atoms with Crippen molar-refractivity contribution >= 4 is 28.0 Å². The van der Waals surface area contributed by atoms with Gasteiger partial charge in [0.2, 0.25) is 0 Å². The summed E-state index contributed by atoms with van der Waals surface area (Å²) in [6.45, 7) is 1.85. The Labute approximate surface area is 115 Å². The van der Waals surface area contributed by atoms with Crippen molar-refractivity contribution in [1.29, 1.82) is 0 Å². The predicted molar refractivity (Wildman–Crippen MR) is 76.0 cm³/mol. The number of amides is 2. The number of benzene rings is 1. The summed E-state index contributed by atoms with van der Waals surface area (Å²) in [4.78, 5) is 11.4. The highest BCUT2D eigenvalue weighted by Gasteiger charge is 2.06. The Morgan fingerprint density at radius 2 is 2.11 bits per heavy atom. The Morgan fingerprint density at radius 1 is 1.44 bits per heavy atom. The number of halogens is 1. The summed E-state index contributed by atoms with van der Waals surface area (Å²) in [5, 5.41) is 14.2. The lowest BCUT2D eigenvalue weighted by atomic mass is 10.2. The number of carbonyl (C=O) groups excluding carboxylic acids is 1. The van der Waals surface area contributed by atoms with E-state index in [1.165, 1.54) is 0 Å². The number of aliphatic hydroxyl groups is 1. The molecule has 0 bridgehead atoms. The Balaban J connectivity index is 2.40. The quantitative estimate of drug-likeness (QED) is 0.782. The maximum Gasteiger partial charge on any atom is 0.319 e. The van der Waals surface area contributed by atoms with Crippen molar-refractivity contribution in [2.24, 2.45) is 0 Å². The van der Waals surface area contributed by atoms with Crippen molar-refractivity contribution in [1.82, 2.24) is 10.6 Å². The fourth-order valence-corrected chi connectivity index (χ4v) is 1.56. The van der Waals surface area contributed by atoms with Gasteiger partial charge in [0.1, 0.15) is 0 Å². The summed E-state index contributed by atoms with van der Waals surface area (Å²) in [7, 11) is 0. The zero-order valence-electron chi connectivity index (χ0n) is 10.2. The van der Waals surface area contributed by atoms with Crippen LogP contribution in [0.1, 0.15) is 18.9 Å². The fraction of sp³-hybridized carbons (Fsp3) is 0.308. The number of hydrogen-bond acceptors (Lipinski definition) is 2. The van der Waals surface area contributed by atoms with Crippen LogP contribution in [0.5, 0.6) is 0 Å². The molecule has 1 rings (SSSR count). The van der Waals surface area contributed by atoms with E-state index in [-0.39, 0.29) is 18.7 Å². The second-order valence-corrected chi connectivity index (χ2v) is 4.71. The Morgan fingerprint density at radius 3 is 2.67 bits per heavy atom. The SMILES string of the molecule is CCC(CO)NC(=O)N/C=C/c1ccc(Br)cc1. The highest BCUT2D eigenvalue weighted by atomic mass is 79.9. The lowest BCUT2D eigenvalue weighted by Gasteiger charge is -2.13. The van der Waals surface area contributed by atoms with E-state index in [2.05, 4.69) is 26.6 Å². The van der Waals surface area contributed by atoms with Crippen LogP contribution in [0.25, 0.3) is 6.08 Å². The molecule has 4 nitrogen and oxygen atoms in total. The molecule has 0 fully saturated rings. The first-order chi connectivity index (χ1) is 8.65. The Kier molecular flexibility index (Phi) is 6.46. The van der Waals surface area contributed by atoms with Crippen LogP contribution in [0.2, 0.25) is 0 Å². The molecule has 0 spiro atoms. The van der Waals surface area contributed by atoms with Crippen LogP contribution >= 0.6 is 15.9 Å². The van der Waals surface area contributed by atoms with Gasteiger partial charge in [0.05, 0.1) is 12.6 Å². The molecule has 0 heterocycles. The van der Waals surface area contributed by atoms with Gasteiger partial charge in [-0.25, -0.2) is 4.79 Å². The second kappa shape index (κ2) is 7.89. The van der Waals surface area contributed by atoms with Gasteiger partial charge < -0.3 is 15.7 Å². The number of carbonyl (C=O) groups is 1. The summed E-state index contributed by atoms with van der Waals surface area (Å²) < 4.78 is 1.01.